The monoisotopic (exact) mass is 429 g/mol. The predicted molar refractivity (Wildman–Crippen MR) is 115 cm³/mol. The van der Waals surface area contributed by atoms with Gasteiger partial charge < -0.3 is 14.4 Å². The van der Waals surface area contributed by atoms with Gasteiger partial charge in [-0.05, 0) is 32.3 Å². The van der Waals surface area contributed by atoms with Crippen LogP contribution in [0.1, 0.15) is 49.7 Å². The maximum Gasteiger partial charge on any atom is 0.273 e. The van der Waals surface area contributed by atoms with Gasteiger partial charge in [0.1, 0.15) is 11.3 Å². The molecule has 2 aliphatic heterocycles. The van der Waals surface area contributed by atoms with E-state index >= 15 is 0 Å². The second-order valence-corrected chi connectivity index (χ2v) is 9.33. The summed E-state index contributed by atoms with van der Waals surface area (Å²) in [5.74, 6) is 1.43. The third-order valence-corrected chi connectivity index (χ3v) is 6.29. The second-order valence-electron chi connectivity index (χ2n) is 8.47. The lowest BCUT2D eigenvalue weighted by Gasteiger charge is -2.18. The molecule has 160 valence electrons. The number of likely N-dealkylation sites (tertiary alicyclic amines) is 1. The number of benzene rings is 1. The van der Waals surface area contributed by atoms with Gasteiger partial charge in [-0.2, -0.15) is 0 Å². The Balaban J connectivity index is 1.32. The van der Waals surface area contributed by atoms with Crippen LogP contribution in [-0.4, -0.2) is 47.0 Å². The number of carbonyl (C=O) groups excluding carboxylic acids is 2. The Morgan fingerprint density at radius 2 is 2.23 bits per heavy atom. The molecule has 4 rings (SSSR count). The molecule has 2 aliphatic rings. The molecule has 30 heavy (non-hydrogen) atoms. The van der Waals surface area contributed by atoms with Gasteiger partial charge in [0, 0.05) is 30.5 Å². The van der Waals surface area contributed by atoms with E-state index in [4.69, 9.17) is 9.47 Å². The average molecular weight is 430 g/mol. The minimum atomic E-state index is -0.328. The number of carbonyl (C=O) groups is 2. The van der Waals surface area contributed by atoms with Gasteiger partial charge in [0.05, 0.1) is 0 Å². The Morgan fingerprint density at radius 3 is 3.00 bits per heavy atom. The van der Waals surface area contributed by atoms with Crippen LogP contribution in [0.5, 0.6) is 11.5 Å². The van der Waals surface area contributed by atoms with E-state index in [0.717, 1.165) is 37.9 Å². The molecule has 1 N–H and O–H groups in total. The number of hydrogen-bond donors (Lipinski definition) is 1. The van der Waals surface area contributed by atoms with E-state index in [-0.39, 0.29) is 24.0 Å². The molecule has 0 unspecified atom stereocenters. The number of amides is 2. The first-order valence-electron chi connectivity index (χ1n) is 10.3. The topological polar surface area (TPSA) is 80.8 Å². The van der Waals surface area contributed by atoms with Gasteiger partial charge in [-0.25, -0.2) is 4.98 Å². The number of nitrogens with zero attached hydrogens (tertiary/aromatic N) is 2. The number of thiazole rings is 1. The summed E-state index contributed by atoms with van der Waals surface area (Å²) in [6.07, 6.45) is 2.92. The van der Waals surface area contributed by atoms with Crippen molar-refractivity contribution in [3.05, 3.63) is 34.8 Å². The van der Waals surface area contributed by atoms with Crippen LogP contribution < -0.4 is 14.8 Å². The van der Waals surface area contributed by atoms with Crippen molar-refractivity contribution >= 4 is 28.3 Å². The van der Waals surface area contributed by atoms with E-state index < -0.39 is 0 Å². The summed E-state index contributed by atoms with van der Waals surface area (Å²) in [4.78, 5) is 31.1. The van der Waals surface area contributed by atoms with E-state index in [2.05, 4.69) is 17.2 Å². The molecule has 1 aromatic carbocycles. The molecule has 7 nitrogen and oxygen atoms in total. The zero-order valence-electron chi connectivity index (χ0n) is 17.6. The lowest BCUT2D eigenvalue weighted by atomic mass is 10.0. The summed E-state index contributed by atoms with van der Waals surface area (Å²) in [6, 6.07) is 5.71. The Kier molecular flexibility index (Phi) is 5.69. The second kappa shape index (κ2) is 8.26. The van der Waals surface area contributed by atoms with Gasteiger partial charge in [0.2, 0.25) is 0 Å². The van der Waals surface area contributed by atoms with Crippen LogP contribution in [-0.2, 0) is 11.2 Å². The Morgan fingerprint density at radius 1 is 1.40 bits per heavy atom. The summed E-state index contributed by atoms with van der Waals surface area (Å²) >= 11 is 1.24. The van der Waals surface area contributed by atoms with E-state index in [1.54, 1.807) is 11.4 Å². The number of hydrogen-bond acceptors (Lipinski definition) is 6. The molecule has 2 amide bonds. The van der Waals surface area contributed by atoms with Crippen LogP contribution in [0, 0.1) is 5.92 Å². The molecule has 0 saturated carbocycles. The van der Waals surface area contributed by atoms with Crippen molar-refractivity contribution < 1.29 is 19.1 Å². The van der Waals surface area contributed by atoms with Crippen LogP contribution in [0.3, 0.4) is 0 Å². The fourth-order valence-electron chi connectivity index (χ4n) is 3.94. The molecule has 0 aliphatic carbocycles. The summed E-state index contributed by atoms with van der Waals surface area (Å²) in [6.45, 7) is 7.58. The molecule has 3 heterocycles. The van der Waals surface area contributed by atoms with E-state index in [9.17, 15) is 9.59 Å². The Hall–Kier alpha value is -2.61. The van der Waals surface area contributed by atoms with E-state index in [1.807, 2.05) is 30.9 Å². The molecule has 2 aromatic rings. The summed E-state index contributed by atoms with van der Waals surface area (Å²) < 4.78 is 11.7. The standard InChI is InChI=1S/C22H27N3O4S/c1-4-14-8-9-25(11-14)20(27)16-13-30-21(23-16)24-18(26)12-28-17-7-5-6-15-10-22(2,3)29-19(15)17/h5-7,13-14H,4,8-12H2,1-3H3,(H,23,24,26)/t14-/m0/s1. The normalized spacial score (nSPS) is 19.3. The SMILES string of the molecule is CC[C@H]1CCN(C(=O)c2csc(NC(=O)COc3cccc4c3OC(C)(C)C4)n2)C1. The van der Waals surface area contributed by atoms with Crippen LogP contribution in [0.15, 0.2) is 23.6 Å². The number of ether oxygens (including phenoxy) is 2. The van der Waals surface area contributed by atoms with Crippen molar-refractivity contribution in [2.45, 2.75) is 45.6 Å². The summed E-state index contributed by atoms with van der Waals surface area (Å²) in [5.41, 5.74) is 1.18. The molecule has 1 saturated heterocycles. The highest BCUT2D eigenvalue weighted by Crippen LogP contribution is 2.41. The first-order chi connectivity index (χ1) is 14.3. The van der Waals surface area contributed by atoms with E-state index in [1.165, 1.54) is 11.3 Å². The van der Waals surface area contributed by atoms with Crippen molar-refractivity contribution in [2.24, 2.45) is 5.92 Å². The number of nitrogens with one attached hydrogen (secondary N) is 1. The Labute approximate surface area is 180 Å². The quantitative estimate of drug-likeness (QED) is 0.756. The van der Waals surface area contributed by atoms with Crippen LogP contribution >= 0.6 is 11.3 Å². The van der Waals surface area contributed by atoms with Gasteiger partial charge >= 0.3 is 0 Å². The molecule has 1 atom stereocenters. The fraction of sp³-hybridized carbons (Fsp3) is 0.500. The van der Waals surface area contributed by atoms with Crippen LogP contribution in [0.25, 0.3) is 0 Å². The van der Waals surface area contributed by atoms with Gasteiger partial charge in [0.15, 0.2) is 23.2 Å². The molecular weight excluding hydrogens is 402 g/mol. The summed E-state index contributed by atoms with van der Waals surface area (Å²) in [7, 11) is 0. The first-order valence-corrected chi connectivity index (χ1v) is 11.2. The highest BCUT2D eigenvalue weighted by Gasteiger charge is 2.32. The zero-order chi connectivity index (χ0) is 21.3. The fourth-order valence-corrected chi connectivity index (χ4v) is 4.64. The first kappa shape index (κ1) is 20.7. The van der Waals surface area contributed by atoms with Gasteiger partial charge in [0.25, 0.3) is 11.8 Å². The highest BCUT2D eigenvalue weighted by atomic mass is 32.1. The number of rotatable bonds is 6. The zero-order valence-corrected chi connectivity index (χ0v) is 18.4. The highest BCUT2D eigenvalue weighted by molar-refractivity contribution is 7.14. The largest absolute Gasteiger partial charge is 0.483 e. The van der Waals surface area contributed by atoms with Crippen LogP contribution in [0.4, 0.5) is 5.13 Å². The smallest absolute Gasteiger partial charge is 0.273 e. The van der Waals surface area contributed by atoms with Crippen molar-refractivity contribution in [3.8, 4) is 11.5 Å². The minimum Gasteiger partial charge on any atom is -0.483 e. The molecule has 0 radical (unpaired) electrons. The molecule has 1 fully saturated rings. The van der Waals surface area contributed by atoms with Gasteiger partial charge in [-0.1, -0.05) is 25.5 Å². The molecular formula is C22H27N3O4S. The third-order valence-electron chi connectivity index (χ3n) is 5.53. The van der Waals surface area contributed by atoms with Crippen molar-refractivity contribution in [1.29, 1.82) is 0 Å². The lowest BCUT2D eigenvalue weighted by molar-refractivity contribution is -0.118. The lowest BCUT2D eigenvalue weighted by Crippen LogP contribution is -2.29. The molecule has 0 bridgehead atoms. The number of fused-ring (bicyclic) bond motifs is 1. The average Bonchev–Trinajstić information content (AvgIpc) is 3.42. The van der Waals surface area contributed by atoms with Crippen LogP contribution in [0.2, 0.25) is 0 Å². The predicted octanol–water partition coefficient (Wildman–Crippen LogP) is 3.75. The van der Waals surface area contributed by atoms with Gasteiger partial charge in [-0.15, -0.1) is 11.3 Å². The number of para-hydroxylation sites is 1. The van der Waals surface area contributed by atoms with Gasteiger partial charge in [-0.3, -0.25) is 14.9 Å². The molecule has 8 heteroatoms. The number of aromatic nitrogens is 1. The minimum absolute atomic E-state index is 0.0708. The number of anilines is 1. The third kappa shape index (κ3) is 4.43. The molecule has 0 spiro atoms. The van der Waals surface area contributed by atoms with Crippen molar-refractivity contribution in [3.63, 3.8) is 0 Å². The van der Waals surface area contributed by atoms with Crippen molar-refractivity contribution in [1.82, 2.24) is 9.88 Å². The summed E-state index contributed by atoms with van der Waals surface area (Å²) in [5, 5.41) is 4.80. The maximum absolute atomic E-state index is 12.6. The van der Waals surface area contributed by atoms with Crippen molar-refractivity contribution in [2.75, 3.05) is 25.0 Å². The molecule has 1 aromatic heterocycles. The van der Waals surface area contributed by atoms with E-state index in [0.29, 0.717) is 28.2 Å². The maximum atomic E-state index is 12.6. The Bertz CT molecular complexity index is 956.